The van der Waals surface area contributed by atoms with E-state index in [1.54, 1.807) is 22.8 Å². The molecule has 0 fully saturated rings. The van der Waals surface area contributed by atoms with Crippen LogP contribution in [0.4, 0.5) is 10.3 Å². The fourth-order valence-corrected chi connectivity index (χ4v) is 2.31. The van der Waals surface area contributed by atoms with Crippen LogP contribution in [0.15, 0.2) is 36.4 Å². The Hall–Kier alpha value is -2.07. The van der Waals surface area contributed by atoms with Gasteiger partial charge >= 0.3 is 0 Å². The third-order valence-corrected chi connectivity index (χ3v) is 3.29. The molecular formula is C14H11ClFN3. The number of benzene rings is 2. The molecule has 0 atom stereocenters. The van der Waals surface area contributed by atoms with Gasteiger partial charge in [-0.1, -0.05) is 17.7 Å². The van der Waals surface area contributed by atoms with Crippen LogP contribution in [0.5, 0.6) is 0 Å². The van der Waals surface area contributed by atoms with Crippen LogP contribution in [0.2, 0.25) is 5.02 Å². The highest BCUT2D eigenvalue weighted by atomic mass is 35.5. The zero-order chi connectivity index (χ0) is 13.6. The molecular weight excluding hydrogens is 265 g/mol. The number of anilines is 1. The molecule has 0 amide bonds. The number of hydrogen-bond donors (Lipinski definition) is 1. The van der Waals surface area contributed by atoms with Gasteiger partial charge in [0.15, 0.2) is 0 Å². The van der Waals surface area contributed by atoms with Crippen molar-refractivity contribution in [3.63, 3.8) is 0 Å². The van der Waals surface area contributed by atoms with Gasteiger partial charge in [0.2, 0.25) is 5.95 Å². The standard InChI is InChI=1S/C14H11ClFN3/c1-8-2-3-9(15)6-12(8)19-13-7-10(16)4-5-11(13)18-14(19)17/h2-7H,1H3,(H2,17,18). The number of aryl methyl sites for hydroxylation is 1. The van der Waals surface area contributed by atoms with Crippen molar-refractivity contribution in [2.75, 3.05) is 5.73 Å². The van der Waals surface area contributed by atoms with Crippen molar-refractivity contribution in [1.29, 1.82) is 0 Å². The maximum atomic E-state index is 13.4. The molecule has 0 aliphatic heterocycles. The summed E-state index contributed by atoms with van der Waals surface area (Å²) in [5.74, 6) is -0.0145. The molecule has 0 bridgehead atoms. The number of nitrogen functional groups attached to an aromatic ring is 1. The largest absolute Gasteiger partial charge is 0.369 e. The van der Waals surface area contributed by atoms with Crippen LogP contribution in [0.1, 0.15) is 5.56 Å². The smallest absolute Gasteiger partial charge is 0.205 e. The first-order chi connectivity index (χ1) is 9.06. The van der Waals surface area contributed by atoms with E-state index >= 15 is 0 Å². The molecule has 0 saturated carbocycles. The fourth-order valence-electron chi connectivity index (χ4n) is 2.14. The van der Waals surface area contributed by atoms with Gasteiger partial charge in [0.1, 0.15) is 5.82 Å². The zero-order valence-electron chi connectivity index (χ0n) is 10.2. The lowest BCUT2D eigenvalue weighted by molar-refractivity contribution is 0.629. The van der Waals surface area contributed by atoms with Crippen LogP contribution >= 0.6 is 11.6 Å². The normalized spacial score (nSPS) is 11.1. The van der Waals surface area contributed by atoms with Gasteiger partial charge in [-0.3, -0.25) is 4.57 Å². The predicted octanol–water partition coefficient (Wildman–Crippen LogP) is 3.71. The van der Waals surface area contributed by atoms with Crippen molar-refractivity contribution < 1.29 is 4.39 Å². The molecule has 96 valence electrons. The summed E-state index contributed by atoms with van der Waals surface area (Å²) in [5.41, 5.74) is 9.01. The van der Waals surface area contributed by atoms with Gasteiger partial charge in [-0.15, -0.1) is 0 Å². The predicted molar refractivity (Wildman–Crippen MR) is 75.2 cm³/mol. The summed E-state index contributed by atoms with van der Waals surface area (Å²) in [6.07, 6.45) is 0. The van der Waals surface area contributed by atoms with Crippen molar-refractivity contribution in [1.82, 2.24) is 9.55 Å². The second-order valence-corrected chi connectivity index (χ2v) is 4.81. The lowest BCUT2D eigenvalue weighted by Crippen LogP contribution is -2.02. The topological polar surface area (TPSA) is 43.8 Å². The zero-order valence-corrected chi connectivity index (χ0v) is 10.9. The molecule has 1 heterocycles. The third-order valence-electron chi connectivity index (χ3n) is 3.05. The average Bonchev–Trinajstić information content (AvgIpc) is 2.68. The van der Waals surface area contributed by atoms with Crippen LogP contribution in [-0.4, -0.2) is 9.55 Å². The molecule has 1 aromatic heterocycles. The van der Waals surface area contributed by atoms with Crippen LogP contribution in [0, 0.1) is 12.7 Å². The van der Waals surface area contributed by atoms with E-state index in [0.717, 1.165) is 11.3 Å². The Bertz CT molecular complexity index is 780. The number of aromatic nitrogens is 2. The molecule has 2 N–H and O–H groups in total. The van der Waals surface area contributed by atoms with E-state index in [0.29, 0.717) is 22.0 Å². The Kier molecular flexibility index (Phi) is 2.68. The number of hydrogen-bond acceptors (Lipinski definition) is 2. The minimum Gasteiger partial charge on any atom is -0.369 e. The van der Waals surface area contributed by atoms with Crippen molar-refractivity contribution in [2.24, 2.45) is 0 Å². The molecule has 0 radical (unpaired) electrons. The first-order valence-corrected chi connectivity index (χ1v) is 6.14. The molecule has 0 unspecified atom stereocenters. The number of rotatable bonds is 1. The minimum absolute atomic E-state index is 0.311. The lowest BCUT2D eigenvalue weighted by atomic mass is 10.2. The summed E-state index contributed by atoms with van der Waals surface area (Å²) < 4.78 is 15.1. The lowest BCUT2D eigenvalue weighted by Gasteiger charge is -2.10. The summed E-state index contributed by atoms with van der Waals surface area (Å²) in [5, 5.41) is 0.596. The van der Waals surface area contributed by atoms with E-state index in [9.17, 15) is 4.39 Å². The monoisotopic (exact) mass is 275 g/mol. The quantitative estimate of drug-likeness (QED) is 0.736. The maximum Gasteiger partial charge on any atom is 0.205 e. The van der Waals surface area contributed by atoms with Crippen LogP contribution in [-0.2, 0) is 0 Å². The van der Waals surface area contributed by atoms with E-state index in [4.69, 9.17) is 17.3 Å². The Morgan fingerprint density at radius 2 is 2.00 bits per heavy atom. The van der Waals surface area contributed by atoms with Crippen molar-refractivity contribution in [2.45, 2.75) is 6.92 Å². The highest BCUT2D eigenvalue weighted by molar-refractivity contribution is 6.30. The first kappa shape index (κ1) is 12.0. The molecule has 3 nitrogen and oxygen atoms in total. The number of halogens is 2. The van der Waals surface area contributed by atoms with Gasteiger partial charge in [0, 0.05) is 11.1 Å². The Morgan fingerprint density at radius 3 is 2.79 bits per heavy atom. The van der Waals surface area contributed by atoms with E-state index in [1.165, 1.54) is 12.1 Å². The third kappa shape index (κ3) is 1.94. The van der Waals surface area contributed by atoms with Gasteiger partial charge in [-0.2, -0.15) is 0 Å². The summed E-state index contributed by atoms with van der Waals surface area (Å²) in [6, 6.07) is 9.87. The summed E-state index contributed by atoms with van der Waals surface area (Å²) in [7, 11) is 0. The summed E-state index contributed by atoms with van der Waals surface area (Å²) in [4.78, 5) is 4.23. The Balaban J connectivity index is 2.38. The van der Waals surface area contributed by atoms with Crippen molar-refractivity contribution in [3.8, 4) is 5.69 Å². The average molecular weight is 276 g/mol. The maximum absolute atomic E-state index is 13.4. The second kappa shape index (κ2) is 4.24. The summed E-state index contributed by atoms with van der Waals surface area (Å²) in [6.45, 7) is 1.94. The Morgan fingerprint density at radius 1 is 1.21 bits per heavy atom. The van der Waals surface area contributed by atoms with Gasteiger partial charge < -0.3 is 5.73 Å². The molecule has 3 rings (SSSR count). The van der Waals surface area contributed by atoms with Crippen molar-refractivity contribution >= 4 is 28.6 Å². The molecule has 0 saturated heterocycles. The van der Waals surface area contributed by atoms with Crippen LogP contribution in [0.25, 0.3) is 16.7 Å². The molecule has 19 heavy (non-hydrogen) atoms. The highest BCUT2D eigenvalue weighted by Gasteiger charge is 2.12. The second-order valence-electron chi connectivity index (χ2n) is 4.37. The fraction of sp³-hybridized carbons (Fsp3) is 0.0714. The Labute approximate surface area is 114 Å². The number of fused-ring (bicyclic) bond motifs is 1. The number of nitrogens with two attached hydrogens (primary N) is 1. The van der Waals surface area contributed by atoms with Crippen molar-refractivity contribution in [3.05, 3.63) is 52.8 Å². The van der Waals surface area contributed by atoms with E-state index in [1.807, 2.05) is 13.0 Å². The molecule has 5 heteroatoms. The van der Waals surface area contributed by atoms with Gasteiger partial charge in [-0.05, 0) is 36.8 Å². The number of imidazole rings is 1. The minimum atomic E-state index is -0.326. The summed E-state index contributed by atoms with van der Waals surface area (Å²) >= 11 is 6.02. The van der Waals surface area contributed by atoms with E-state index in [2.05, 4.69) is 4.98 Å². The molecule has 0 aliphatic rings. The van der Waals surface area contributed by atoms with E-state index in [-0.39, 0.29) is 5.82 Å². The highest BCUT2D eigenvalue weighted by Crippen LogP contribution is 2.27. The van der Waals surface area contributed by atoms with Gasteiger partial charge in [0.25, 0.3) is 0 Å². The van der Waals surface area contributed by atoms with Gasteiger partial charge in [0.05, 0.1) is 16.7 Å². The molecule has 3 aromatic rings. The van der Waals surface area contributed by atoms with Crippen LogP contribution < -0.4 is 5.73 Å². The van der Waals surface area contributed by atoms with E-state index < -0.39 is 0 Å². The molecule has 0 aliphatic carbocycles. The van der Waals surface area contributed by atoms with Crippen LogP contribution in [0.3, 0.4) is 0 Å². The first-order valence-electron chi connectivity index (χ1n) is 5.76. The van der Waals surface area contributed by atoms with Gasteiger partial charge in [-0.25, -0.2) is 9.37 Å². The SMILES string of the molecule is Cc1ccc(Cl)cc1-n1c(N)nc2ccc(F)cc21. The number of nitrogens with zero attached hydrogens (tertiary/aromatic N) is 2. The molecule has 0 spiro atoms. The molecule has 2 aromatic carbocycles.